The average Bonchev–Trinajstić information content (AvgIpc) is 2.39. The van der Waals surface area contributed by atoms with Crippen LogP contribution in [0.4, 0.5) is 0 Å². The minimum Gasteiger partial charge on any atom is -0.463 e. The molecule has 0 aromatic heterocycles. The lowest BCUT2D eigenvalue weighted by Gasteiger charge is -2.15. The lowest BCUT2D eigenvalue weighted by molar-refractivity contribution is -0.143. The zero-order valence-corrected chi connectivity index (χ0v) is 10.3. The monoisotopic (exact) mass is 248 g/mol. The van der Waals surface area contributed by atoms with Crippen molar-refractivity contribution in [2.45, 2.75) is 13.0 Å². The first kappa shape index (κ1) is 14.1. The van der Waals surface area contributed by atoms with Gasteiger partial charge in [0.25, 0.3) is 0 Å². The molecule has 0 bridgehead atoms. The third-order valence-corrected chi connectivity index (χ3v) is 2.20. The van der Waals surface area contributed by atoms with Crippen LogP contribution in [0.25, 0.3) is 0 Å². The number of ether oxygens (including phenoxy) is 2. The molecule has 1 rings (SSSR count). The quantitative estimate of drug-likeness (QED) is 0.421. The standard InChI is InChI=1S/C14H16O4/c1-3-9-17-13(10-18-11(2)15)14(16)12-7-5-4-6-8-12/h3-8,13H,1,9-10H2,2H3/t13-/m1/s1. The van der Waals surface area contributed by atoms with Crippen molar-refractivity contribution in [3.8, 4) is 0 Å². The van der Waals surface area contributed by atoms with Crippen molar-refractivity contribution in [3.63, 3.8) is 0 Å². The molecule has 0 fully saturated rings. The van der Waals surface area contributed by atoms with E-state index in [1.165, 1.54) is 6.92 Å². The third kappa shape index (κ3) is 4.51. The molecule has 0 aliphatic heterocycles. The smallest absolute Gasteiger partial charge is 0.302 e. The van der Waals surface area contributed by atoms with Gasteiger partial charge in [-0.2, -0.15) is 0 Å². The molecule has 0 heterocycles. The van der Waals surface area contributed by atoms with Gasteiger partial charge in [0, 0.05) is 12.5 Å². The molecular weight excluding hydrogens is 232 g/mol. The summed E-state index contributed by atoms with van der Waals surface area (Å²) in [6.45, 7) is 4.95. The van der Waals surface area contributed by atoms with E-state index >= 15 is 0 Å². The molecule has 0 amide bonds. The molecule has 0 unspecified atom stereocenters. The Bertz CT molecular complexity index is 411. The van der Waals surface area contributed by atoms with E-state index < -0.39 is 12.1 Å². The largest absolute Gasteiger partial charge is 0.463 e. The molecule has 0 radical (unpaired) electrons. The van der Waals surface area contributed by atoms with Gasteiger partial charge in [-0.25, -0.2) is 0 Å². The molecule has 0 saturated heterocycles. The maximum Gasteiger partial charge on any atom is 0.302 e. The van der Waals surface area contributed by atoms with Gasteiger partial charge in [0.05, 0.1) is 6.61 Å². The molecule has 0 aliphatic carbocycles. The Morgan fingerprint density at radius 2 is 2.00 bits per heavy atom. The molecule has 1 atom stereocenters. The van der Waals surface area contributed by atoms with E-state index in [0.717, 1.165) is 0 Å². The highest BCUT2D eigenvalue weighted by Gasteiger charge is 2.21. The second-order valence-electron chi connectivity index (χ2n) is 3.64. The van der Waals surface area contributed by atoms with Crippen molar-refractivity contribution in [1.29, 1.82) is 0 Å². The fourth-order valence-corrected chi connectivity index (χ4v) is 1.37. The Balaban J connectivity index is 2.71. The van der Waals surface area contributed by atoms with Crippen molar-refractivity contribution >= 4 is 11.8 Å². The first-order valence-electron chi connectivity index (χ1n) is 5.60. The van der Waals surface area contributed by atoms with Crippen LogP contribution in [-0.2, 0) is 14.3 Å². The van der Waals surface area contributed by atoms with Crippen LogP contribution in [0.15, 0.2) is 43.0 Å². The summed E-state index contributed by atoms with van der Waals surface area (Å²) in [6, 6.07) is 8.75. The second kappa shape index (κ2) is 7.40. The predicted molar refractivity (Wildman–Crippen MR) is 67.3 cm³/mol. The lowest BCUT2D eigenvalue weighted by Crippen LogP contribution is -2.30. The summed E-state index contributed by atoms with van der Waals surface area (Å²) in [7, 11) is 0. The number of carbonyl (C=O) groups is 2. The molecule has 0 spiro atoms. The van der Waals surface area contributed by atoms with E-state index in [-0.39, 0.29) is 19.0 Å². The molecule has 0 saturated carbocycles. The Morgan fingerprint density at radius 3 is 2.56 bits per heavy atom. The Hall–Kier alpha value is -1.94. The summed E-state index contributed by atoms with van der Waals surface area (Å²) in [5.41, 5.74) is 0.527. The zero-order valence-electron chi connectivity index (χ0n) is 10.3. The zero-order chi connectivity index (χ0) is 13.4. The number of carbonyl (C=O) groups excluding carboxylic acids is 2. The molecule has 96 valence electrons. The van der Waals surface area contributed by atoms with Gasteiger partial charge in [0.2, 0.25) is 0 Å². The molecule has 0 aliphatic rings. The average molecular weight is 248 g/mol. The van der Waals surface area contributed by atoms with Crippen LogP contribution in [0, 0.1) is 0 Å². The normalized spacial score (nSPS) is 11.6. The van der Waals surface area contributed by atoms with Crippen LogP contribution >= 0.6 is 0 Å². The minimum absolute atomic E-state index is 0.0864. The summed E-state index contributed by atoms with van der Waals surface area (Å²) < 4.78 is 10.1. The maximum atomic E-state index is 12.1. The van der Waals surface area contributed by atoms with E-state index in [2.05, 4.69) is 6.58 Å². The molecule has 18 heavy (non-hydrogen) atoms. The van der Waals surface area contributed by atoms with E-state index in [0.29, 0.717) is 5.56 Å². The predicted octanol–water partition coefficient (Wildman–Crippen LogP) is 2.00. The second-order valence-corrected chi connectivity index (χ2v) is 3.64. The van der Waals surface area contributed by atoms with Crippen molar-refractivity contribution in [2.75, 3.05) is 13.2 Å². The number of benzene rings is 1. The molecule has 1 aromatic rings. The summed E-state index contributed by atoms with van der Waals surface area (Å²) in [5, 5.41) is 0. The van der Waals surface area contributed by atoms with Gasteiger partial charge in [-0.3, -0.25) is 9.59 Å². The van der Waals surface area contributed by atoms with Gasteiger partial charge in [0.1, 0.15) is 6.61 Å². The lowest BCUT2D eigenvalue weighted by atomic mass is 10.1. The van der Waals surface area contributed by atoms with Crippen LogP contribution in [0.3, 0.4) is 0 Å². The number of Topliss-reactive ketones (excluding diaryl/α,β-unsaturated/α-hetero) is 1. The summed E-state index contributed by atoms with van der Waals surface area (Å²) in [4.78, 5) is 22.9. The fourth-order valence-electron chi connectivity index (χ4n) is 1.37. The van der Waals surface area contributed by atoms with Gasteiger partial charge in [-0.1, -0.05) is 36.4 Å². The first-order chi connectivity index (χ1) is 8.65. The van der Waals surface area contributed by atoms with Crippen LogP contribution in [0.2, 0.25) is 0 Å². The molecule has 4 heteroatoms. The highest BCUT2D eigenvalue weighted by molar-refractivity contribution is 5.99. The van der Waals surface area contributed by atoms with Crippen molar-refractivity contribution < 1.29 is 19.1 Å². The SMILES string of the molecule is C=CCO[C@H](COC(C)=O)C(=O)c1ccccc1. The number of rotatable bonds is 7. The molecule has 1 aromatic carbocycles. The van der Waals surface area contributed by atoms with E-state index in [4.69, 9.17) is 9.47 Å². The van der Waals surface area contributed by atoms with Gasteiger partial charge in [-0.05, 0) is 0 Å². The van der Waals surface area contributed by atoms with Crippen LogP contribution in [0.5, 0.6) is 0 Å². The van der Waals surface area contributed by atoms with E-state index in [1.807, 2.05) is 6.07 Å². The third-order valence-electron chi connectivity index (χ3n) is 2.20. The fraction of sp³-hybridized carbons (Fsp3) is 0.286. The van der Waals surface area contributed by atoms with Crippen molar-refractivity contribution in [2.24, 2.45) is 0 Å². The summed E-state index contributed by atoms with van der Waals surface area (Å²) >= 11 is 0. The summed E-state index contributed by atoms with van der Waals surface area (Å²) in [6.07, 6.45) is 0.744. The topological polar surface area (TPSA) is 52.6 Å². The molecule has 0 N–H and O–H groups in total. The van der Waals surface area contributed by atoms with Crippen LogP contribution in [0.1, 0.15) is 17.3 Å². The number of ketones is 1. The highest BCUT2D eigenvalue weighted by atomic mass is 16.6. The van der Waals surface area contributed by atoms with Crippen LogP contribution < -0.4 is 0 Å². The number of esters is 1. The minimum atomic E-state index is -0.797. The van der Waals surface area contributed by atoms with Crippen molar-refractivity contribution in [3.05, 3.63) is 48.6 Å². The van der Waals surface area contributed by atoms with Gasteiger partial charge in [-0.15, -0.1) is 6.58 Å². The molecule has 4 nitrogen and oxygen atoms in total. The maximum absolute atomic E-state index is 12.1. The number of hydrogen-bond donors (Lipinski definition) is 0. The number of hydrogen-bond acceptors (Lipinski definition) is 4. The van der Waals surface area contributed by atoms with Crippen molar-refractivity contribution in [1.82, 2.24) is 0 Å². The first-order valence-corrected chi connectivity index (χ1v) is 5.60. The molecular formula is C14H16O4. The van der Waals surface area contributed by atoms with Gasteiger partial charge in [0.15, 0.2) is 11.9 Å². The Kier molecular flexibility index (Phi) is 5.80. The van der Waals surface area contributed by atoms with E-state index in [1.54, 1.807) is 30.3 Å². The Morgan fingerprint density at radius 1 is 1.33 bits per heavy atom. The Labute approximate surface area is 106 Å². The van der Waals surface area contributed by atoms with Crippen LogP contribution in [-0.4, -0.2) is 31.1 Å². The highest BCUT2D eigenvalue weighted by Crippen LogP contribution is 2.07. The van der Waals surface area contributed by atoms with E-state index in [9.17, 15) is 9.59 Å². The summed E-state index contributed by atoms with van der Waals surface area (Å²) in [5.74, 6) is -0.651. The van der Waals surface area contributed by atoms with Gasteiger partial charge < -0.3 is 9.47 Å². The van der Waals surface area contributed by atoms with Gasteiger partial charge >= 0.3 is 5.97 Å².